The number of benzene rings is 1. The minimum Gasteiger partial charge on any atom is -0.491 e. The SMILES string of the molecule is Nc1ccc(Cl)cc1OCCCn1ccnc1. The van der Waals surface area contributed by atoms with Crippen molar-refractivity contribution in [3.05, 3.63) is 41.9 Å². The molecule has 2 rings (SSSR count). The number of nitrogens with two attached hydrogens (primary N) is 1. The topological polar surface area (TPSA) is 53.1 Å². The number of hydrogen-bond donors (Lipinski definition) is 1. The zero-order valence-electron chi connectivity index (χ0n) is 9.34. The fourth-order valence-corrected chi connectivity index (χ4v) is 1.64. The maximum atomic E-state index is 5.86. The second-order valence-corrected chi connectivity index (χ2v) is 4.12. The zero-order chi connectivity index (χ0) is 12.1. The number of imidazole rings is 1. The van der Waals surface area contributed by atoms with E-state index in [0.717, 1.165) is 13.0 Å². The van der Waals surface area contributed by atoms with Crippen molar-refractivity contribution < 1.29 is 4.74 Å². The van der Waals surface area contributed by atoms with Crippen LogP contribution in [0.2, 0.25) is 5.02 Å². The van der Waals surface area contributed by atoms with E-state index in [9.17, 15) is 0 Å². The molecule has 0 radical (unpaired) electrons. The van der Waals surface area contributed by atoms with Gasteiger partial charge in [-0.05, 0) is 18.6 Å². The molecule has 4 nitrogen and oxygen atoms in total. The van der Waals surface area contributed by atoms with Crippen molar-refractivity contribution in [1.29, 1.82) is 0 Å². The van der Waals surface area contributed by atoms with Crippen LogP contribution >= 0.6 is 11.6 Å². The highest BCUT2D eigenvalue weighted by molar-refractivity contribution is 6.30. The summed E-state index contributed by atoms with van der Waals surface area (Å²) >= 11 is 5.86. The van der Waals surface area contributed by atoms with Crippen molar-refractivity contribution in [1.82, 2.24) is 9.55 Å². The number of aryl methyl sites for hydroxylation is 1. The summed E-state index contributed by atoms with van der Waals surface area (Å²) in [6.07, 6.45) is 6.36. The molecule has 90 valence electrons. The van der Waals surface area contributed by atoms with Gasteiger partial charge >= 0.3 is 0 Å². The van der Waals surface area contributed by atoms with Gasteiger partial charge < -0.3 is 15.0 Å². The Morgan fingerprint density at radius 3 is 3.06 bits per heavy atom. The first-order chi connectivity index (χ1) is 8.25. The second kappa shape index (κ2) is 5.59. The van der Waals surface area contributed by atoms with Gasteiger partial charge in [-0.25, -0.2) is 4.98 Å². The number of halogens is 1. The third kappa shape index (κ3) is 3.39. The normalized spacial score (nSPS) is 10.4. The Balaban J connectivity index is 1.80. The molecule has 0 aliphatic carbocycles. The smallest absolute Gasteiger partial charge is 0.143 e. The molecule has 1 aromatic carbocycles. The van der Waals surface area contributed by atoms with E-state index in [-0.39, 0.29) is 0 Å². The Kier molecular flexibility index (Phi) is 3.88. The minimum absolute atomic E-state index is 0.600. The molecule has 0 saturated heterocycles. The molecule has 0 atom stereocenters. The van der Waals surface area contributed by atoms with E-state index in [1.807, 2.05) is 10.8 Å². The lowest BCUT2D eigenvalue weighted by molar-refractivity contribution is 0.303. The number of nitrogens with zero attached hydrogens (tertiary/aromatic N) is 2. The van der Waals surface area contributed by atoms with Crippen molar-refractivity contribution in [2.24, 2.45) is 0 Å². The molecule has 2 aromatic rings. The molecule has 0 unspecified atom stereocenters. The summed E-state index contributed by atoms with van der Waals surface area (Å²) in [5.74, 6) is 0.642. The average Bonchev–Trinajstić information content (AvgIpc) is 2.82. The molecular formula is C12H14ClN3O. The van der Waals surface area contributed by atoms with Gasteiger partial charge in [-0.1, -0.05) is 11.6 Å². The molecule has 5 heteroatoms. The first-order valence-corrected chi connectivity index (χ1v) is 5.77. The highest BCUT2D eigenvalue weighted by Gasteiger charge is 2.01. The van der Waals surface area contributed by atoms with Crippen molar-refractivity contribution in [3.8, 4) is 5.75 Å². The van der Waals surface area contributed by atoms with Crippen LogP contribution in [0.3, 0.4) is 0 Å². The van der Waals surface area contributed by atoms with Gasteiger partial charge in [0.1, 0.15) is 5.75 Å². The van der Waals surface area contributed by atoms with Crippen LogP contribution in [0.25, 0.3) is 0 Å². The molecule has 1 aromatic heterocycles. The van der Waals surface area contributed by atoms with Gasteiger partial charge in [0.05, 0.1) is 18.6 Å². The average molecular weight is 252 g/mol. The Labute approximate surface area is 105 Å². The molecular weight excluding hydrogens is 238 g/mol. The number of rotatable bonds is 5. The van der Waals surface area contributed by atoms with E-state index >= 15 is 0 Å². The van der Waals surface area contributed by atoms with Crippen LogP contribution in [-0.2, 0) is 6.54 Å². The maximum absolute atomic E-state index is 5.86. The fraction of sp³-hybridized carbons (Fsp3) is 0.250. The number of anilines is 1. The van der Waals surface area contributed by atoms with Gasteiger partial charge in [-0.2, -0.15) is 0 Å². The molecule has 17 heavy (non-hydrogen) atoms. The van der Waals surface area contributed by atoms with Crippen LogP contribution < -0.4 is 10.5 Å². The summed E-state index contributed by atoms with van der Waals surface area (Å²) in [5.41, 5.74) is 6.38. The van der Waals surface area contributed by atoms with Gasteiger partial charge in [0.25, 0.3) is 0 Å². The van der Waals surface area contributed by atoms with E-state index in [1.54, 1.807) is 30.7 Å². The summed E-state index contributed by atoms with van der Waals surface area (Å²) in [6, 6.07) is 5.22. The summed E-state index contributed by atoms with van der Waals surface area (Å²) < 4.78 is 7.58. The van der Waals surface area contributed by atoms with Crippen molar-refractivity contribution in [2.75, 3.05) is 12.3 Å². The highest BCUT2D eigenvalue weighted by atomic mass is 35.5. The first kappa shape index (κ1) is 11.8. The van der Waals surface area contributed by atoms with E-state index in [1.165, 1.54) is 0 Å². The van der Waals surface area contributed by atoms with Gasteiger partial charge in [0.2, 0.25) is 0 Å². The molecule has 0 saturated carbocycles. The zero-order valence-corrected chi connectivity index (χ0v) is 10.1. The van der Waals surface area contributed by atoms with Crippen LogP contribution in [0.1, 0.15) is 6.42 Å². The Morgan fingerprint density at radius 2 is 2.29 bits per heavy atom. The standard InChI is InChI=1S/C12H14ClN3O/c13-10-2-3-11(14)12(8-10)17-7-1-5-16-6-4-15-9-16/h2-4,6,8-9H,1,5,7,14H2. The number of ether oxygens (including phenoxy) is 1. The van der Waals surface area contributed by atoms with Crippen molar-refractivity contribution in [3.63, 3.8) is 0 Å². The molecule has 0 fully saturated rings. The van der Waals surface area contributed by atoms with Crippen LogP contribution in [0, 0.1) is 0 Å². The van der Waals surface area contributed by atoms with Gasteiger partial charge in [0, 0.05) is 30.0 Å². The largest absolute Gasteiger partial charge is 0.491 e. The van der Waals surface area contributed by atoms with Gasteiger partial charge in [-0.15, -0.1) is 0 Å². The minimum atomic E-state index is 0.600. The fourth-order valence-electron chi connectivity index (χ4n) is 1.48. The number of hydrogen-bond acceptors (Lipinski definition) is 3. The van der Waals surface area contributed by atoms with Gasteiger partial charge in [-0.3, -0.25) is 0 Å². The molecule has 2 N–H and O–H groups in total. The molecule has 0 bridgehead atoms. The summed E-state index contributed by atoms with van der Waals surface area (Å²) in [6.45, 7) is 1.48. The van der Waals surface area contributed by atoms with Crippen LogP contribution in [0.5, 0.6) is 5.75 Å². The third-order valence-corrected chi connectivity index (χ3v) is 2.59. The molecule has 1 heterocycles. The lowest BCUT2D eigenvalue weighted by Gasteiger charge is -2.09. The molecule has 0 aliphatic heterocycles. The highest BCUT2D eigenvalue weighted by Crippen LogP contribution is 2.25. The summed E-state index contributed by atoms with van der Waals surface area (Å²) in [4.78, 5) is 3.97. The van der Waals surface area contributed by atoms with E-state index in [2.05, 4.69) is 4.98 Å². The number of nitrogen functional groups attached to an aromatic ring is 1. The van der Waals surface area contributed by atoms with Crippen molar-refractivity contribution >= 4 is 17.3 Å². The van der Waals surface area contributed by atoms with Crippen LogP contribution in [0.4, 0.5) is 5.69 Å². The lowest BCUT2D eigenvalue weighted by atomic mass is 10.3. The Morgan fingerprint density at radius 1 is 1.41 bits per heavy atom. The monoisotopic (exact) mass is 251 g/mol. The number of aromatic nitrogens is 2. The molecule has 0 amide bonds. The Bertz CT molecular complexity index is 471. The quantitative estimate of drug-likeness (QED) is 0.656. The van der Waals surface area contributed by atoms with E-state index < -0.39 is 0 Å². The second-order valence-electron chi connectivity index (χ2n) is 3.68. The van der Waals surface area contributed by atoms with Gasteiger partial charge in [0.15, 0.2) is 0 Å². The molecule has 0 aliphatic rings. The van der Waals surface area contributed by atoms with E-state index in [4.69, 9.17) is 22.1 Å². The third-order valence-electron chi connectivity index (χ3n) is 2.35. The maximum Gasteiger partial charge on any atom is 0.143 e. The van der Waals surface area contributed by atoms with Crippen LogP contribution in [0.15, 0.2) is 36.9 Å². The predicted molar refractivity (Wildman–Crippen MR) is 68.2 cm³/mol. The Hall–Kier alpha value is -1.68. The summed E-state index contributed by atoms with van der Waals surface area (Å²) in [7, 11) is 0. The predicted octanol–water partition coefficient (Wildman–Crippen LogP) is 2.59. The van der Waals surface area contributed by atoms with Crippen molar-refractivity contribution in [2.45, 2.75) is 13.0 Å². The van der Waals surface area contributed by atoms with E-state index in [0.29, 0.717) is 23.1 Å². The molecule has 0 spiro atoms. The first-order valence-electron chi connectivity index (χ1n) is 5.39. The summed E-state index contributed by atoms with van der Waals surface area (Å²) in [5, 5.41) is 0.629. The lowest BCUT2D eigenvalue weighted by Crippen LogP contribution is -2.04. The van der Waals surface area contributed by atoms with Crippen LogP contribution in [-0.4, -0.2) is 16.2 Å².